The molecule has 3 heteroatoms. The molecule has 0 heterocycles. The molecular weight excluding hydrogens is 190 g/mol. The van der Waals surface area contributed by atoms with Crippen molar-refractivity contribution in [3.8, 4) is 0 Å². The summed E-state index contributed by atoms with van der Waals surface area (Å²) in [7, 11) is 0. The minimum Gasteiger partial charge on any atom is -0.391 e. The highest BCUT2D eigenvalue weighted by Crippen LogP contribution is 2.07. The van der Waals surface area contributed by atoms with Crippen molar-refractivity contribution in [3.63, 3.8) is 0 Å². The van der Waals surface area contributed by atoms with Crippen LogP contribution in [0.1, 0.15) is 46.0 Å². The van der Waals surface area contributed by atoms with Gasteiger partial charge < -0.3 is 10.4 Å². The zero-order valence-electron chi connectivity index (χ0n) is 9.83. The van der Waals surface area contributed by atoms with Gasteiger partial charge in [0.05, 0.1) is 12.1 Å². The molecule has 0 aromatic carbocycles. The average Bonchev–Trinajstić information content (AvgIpc) is 2.18. The van der Waals surface area contributed by atoms with Crippen LogP contribution < -0.4 is 5.32 Å². The Labute approximate surface area is 92.6 Å². The van der Waals surface area contributed by atoms with Crippen molar-refractivity contribution in [1.29, 1.82) is 0 Å². The fourth-order valence-corrected chi connectivity index (χ4v) is 1.49. The van der Waals surface area contributed by atoms with Crippen molar-refractivity contribution >= 4 is 5.91 Å². The van der Waals surface area contributed by atoms with Gasteiger partial charge >= 0.3 is 0 Å². The Morgan fingerprint density at radius 3 is 2.60 bits per heavy atom. The lowest BCUT2D eigenvalue weighted by Gasteiger charge is -2.22. The Hall–Kier alpha value is -0.830. The van der Waals surface area contributed by atoms with Crippen molar-refractivity contribution in [3.05, 3.63) is 12.7 Å². The summed E-state index contributed by atoms with van der Waals surface area (Å²) < 4.78 is 0. The van der Waals surface area contributed by atoms with Gasteiger partial charge in [0, 0.05) is 6.42 Å². The molecule has 0 fully saturated rings. The first-order valence-electron chi connectivity index (χ1n) is 5.74. The maximum absolute atomic E-state index is 11.4. The van der Waals surface area contributed by atoms with Crippen LogP contribution in [0.15, 0.2) is 12.7 Å². The first kappa shape index (κ1) is 14.2. The number of nitrogens with one attached hydrogen (secondary N) is 1. The van der Waals surface area contributed by atoms with Crippen LogP contribution in [0.2, 0.25) is 0 Å². The summed E-state index contributed by atoms with van der Waals surface area (Å²) in [6, 6.07) is -0.179. The summed E-state index contributed by atoms with van der Waals surface area (Å²) in [5.41, 5.74) is 0. The van der Waals surface area contributed by atoms with Gasteiger partial charge in [-0.15, -0.1) is 6.58 Å². The van der Waals surface area contributed by atoms with Crippen molar-refractivity contribution in [2.24, 2.45) is 0 Å². The van der Waals surface area contributed by atoms with E-state index in [2.05, 4.69) is 11.9 Å². The third-order valence-corrected chi connectivity index (χ3v) is 2.29. The number of rotatable bonds is 8. The van der Waals surface area contributed by atoms with Crippen molar-refractivity contribution in [2.75, 3.05) is 0 Å². The number of aliphatic hydroxyl groups excluding tert-OH is 1. The molecule has 0 aromatic rings. The Morgan fingerprint density at radius 1 is 1.47 bits per heavy atom. The molecule has 15 heavy (non-hydrogen) atoms. The highest BCUT2D eigenvalue weighted by atomic mass is 16.3. The molecule has 88 valence electrons. The molecule has 0 saturated heterocycles. The third-order valence-electron chi connectivity index (χ3n) is 2.29. The second-order valence-corrected chi connectivity index (χ2v) is 3.80. The topological polar surface area (TPSA) is 49.3 Å². The SMILES string of the molecule is C=CCC(NC(=O)CCC)C(O)CCC. The molecule has 0 aliphatic carbocycles. The third kappa shape index (κ3) is 6.28. The monoisotopic (exact) mass is 213 g/mol. The molecule has 2 N–H and O–H groups in total. The number of carbonyl (C=O) groups excluding carboxylic acids is 1. The van der Waals surface area contributed by atoms with Crippen molar-refractivity contribution in [2.45, 2.75) is 58.1 Å². The molecule has 3 nitrogen and oxygen atoms in total. The van der Waals surface area contributed by atoms with E-state index < -0.39 is 6.10 Å². The zero-order valence-corrected chi connectivity index (χ0v) is 9.83. The smallest absolute Gasteiger partial charge is 0.220 e. The fraction of sp³-hybridized carbons (Fsp3) is 0.750. The highest BCUT2D eigenvalue weighted by molar-refractivity contribution is 5.76. The predicted molar refractivity (Wildman–Crippen MR) is 62.6 cm³/mol. The molecule has 0 saturated carbocycles. The molecule has 0 radical (unpaired) electrons. The summed E-state index contributed by atoms with van der Waals surface area (Å²) in [6.07, 6.45) is 4.87. The van der Waals surface area contributed by atoms with Crippen LogP contribution in [0, 0.1) is 0 Å². The second-order valence-electron chi connectivity index (χ2n) is 3.80. The average molecular weight is 213 g/mol. The van der Waals surface area contributed by atoms with Crippen molar-refractivity contribution < 1.29 is 9.90 Å². The van der Waals surface area contributed by atoms with Gasteiger partial charge in [-0.1, -0.05) is 26.3 Å². The molecule has 0 rings (SSSR count). The summed E-state index contributed by atoms with van der Waals surface area (Å²) >= 11 is 0. The largest absolute Gasteiger partial charge is 0.391 e. The highest BCUT2D eigenvalue weighted by Gasteiger charge is 2.18. The van der Waals surface area contributed by atoms with E-state index >= 15 is 0 Å². The zero-order chi connectivity index (χ0) is 11.7. The van der Waals surface area contributed by atoms with Crippen LogP contribution in [0.5, 0.6) is 0 Å². The summed E-state index contributed by atoms with van der Waals surface area (Å²) in [5, 5.41) is 12.6. The van der Waals surface area contributed by atoms with E-state index in [0.717, 1.165) is 12.8 Å². The number of carbonyl (C=O) groups is 1. The van der Waals surface area contributed by atoms with Crippen LogP contribution in [0.3, 0.4) is 0 Å². The predicted octanol–water partition coefficient (Wildman–Crippen LogP) is 2.01. The van der Waals surface area contributed by atoms with E-state index in [1.54, 1.807) is 6.08 Å². The Bertz CT molecular complexity index is 192. The Kier molecular flexibility index (Phi) is 8.01. The standard InChI is InChI=1S/C12H23NO2/c1-4-7-10(11(14)8-5-2)13-12(15)9-6-3/h4,10-11,14H,1,5-9H2,2-3H3,(H,13,15). The normalized spacial score (nSPS) is 14.3. The van der Waals surface area contributed by atoms with E-state index in [4.69, 9.17) is 0 Å². The molecule has 2 atom stereocenters. The molecule has 0 bridgehead atoms. The van der Waals surface area contributed by atoms with Gasteiger partial charge in [0.2, 0.25) is 5.91 Å². The molecule has 0 aromatic heterocycles. The fourth-order valence-electron chi connectivity index (χ4n) is 1.49. The number of aliphatic hydroxyl groups is 1. The Morgan fingerprint density at radius 2 is 2.13 bits per heavy atom. The van der Waals surface area contributed by atoms with Gasteiger partial charge in [-0.3, -0.25) is 4.79 Å². The van der Waals surface area contributed by atoms with Crippen LogP contribution in [0.4, 0.5) is 0 Å². The van der Waals surface area contributed by atoms with Crippen LogP contribution >= 0.6 is 0 Å². The molecule has 0 spiro atoms. The van der Waals surface area contributed by atoms with E-state index in [9.17, 15) is 9.90 Å². The summed E-state index contributed by atoms with van der Waals surface area (Å²) in [5.74, 6) is 0.0134. The van der Waals surface area contributed by atoms with E-state index in [1.807, 2.05) is 13.8 Å². The van der Waals surface area contributed by atoms with Crippen molar-refractivity contribution in [1.82, 2.24) is 5.32 Å². The number of hydrogen-bond acceptors (Lipinski definition) is 2. The Balaban J connectivity index is 4.12. The van der Waals surface area contributed by atoms with Gasteiger partial charge in [0.25, 0.3) is 0 Å². The minimum absolute atomic E-state index is 0.0134. The lowest BCUT2D eigenvalue weighted by molar-refractivity contribution is -0.122. The minimum atomic E-state index is -0.464. The quantitative estimate of drug-likeness (QED) is 0.606. The second kappa shape index (κ2) is 8.48. The number of amides is 1. The summed E-state index contributed by atoms with van der Waals surface area (Å²) in [4.78, 5) is 11.4. The number of hydrogen-bond donors (Lipinski definition) is 2. The maximum Gasteiger partial charge on any atom is 0.220 e. The van der Waals surface area contributed by atoms with Gasteiger partial charge in [-0.25, -0.2) is 0 Å². The molecule has 0 aliphatic heterocycles. The van der Waals surface area contributed by atoms with Gasteiger partial charge in [0.1, 0.15) is 0 Å². The maximum atomic E-state index is 11.4. The first-order chi connectivity index (χ1) is 7.15. The van der Waals surface area contributed by atoms with Gasteiger partial charge in [0.15, 0.2) is 0 Å². The van der Waals surface area contributed by atoms with Gasteiger partial charge in [-0.2, -0.15) is 0 Å². The molecule has 0 aliphatic rings. The van der Waals surface area contributed by atoms with Crippen LogP contribution in [-0.2, 0) is 4.79 Å². The van der Waals surface area contributed by atoms with Crippen LogP contribution in [-0.4, -0.2) is 23.2 Å². The lowest BCUT2D eigenvalue weighted by atomic mass is 10.0. The van der Waals surface area contributed by atoms with E-state index in [1.165, 1.54) is 0 Å². The molecule has 1 amide bonds. The lowest BCUT2D eigenvalue weighted by Crippen LogP contribution is -2.42. The molecule has 2 unspecified atom stereocenters. The van der Waals surface area contributed by atoms with E-state index in [-0.39, 0.29) is 11.9 Å². The summed E-state index contributed by atoms with van der Waals surface area (Å²) in [6.45, 7) is 7.61. The van der Waals surface area contributed by atoms with Crippen LogP contribution in [0.25, 0.3) is 0 Å². The van der Waals surface area contributed by atoms with E-state index in [0.29, 0.717) is 19.3 Å². The van der Waals surface area contributed by atoms with Gasteiger partial charge in [-0.05, 0) is 19.3 Å². The first-order valence-corrected chi connectivity index (χ1v) is 5.74. The molecular formula is C12H23NO2.